The Hall–Kier alpha value is 1.24. The van der Waals surface area contributed by atoms with Crippen molar-refractivity contribution in [2.75, 3.05) is 0 Å². The van der Waals surface area contributed by atoms with Crippen LogP contribution in [0.1, 0.15) is 0 Å². The number of hydrogen-bond acceptors (Lipinski definition) is 0. The monoisotopic (exact) mass is 386 g/mol. The molecule has 0 bridgehead atoms. The van der Waals surface area contributed by atoms with Crippen LogP contribution < -0.4 is 10.6 Å². The summed E-state index contributed by atoms with van der Waals surface area (Å²) in [6.07, 6.45) is 0. The van der Waals surface area contributed by atoms with Gasteiger partial charge in [-0.05, 0) is 0 Å². The maximum atomic E-state index is 5.72. The van der Waals surface area contributed by atoms with Crippen LogP contribution in [0.15, 0.2) is 48.5 Å². The zero-order chi connectivity index (χ0) is 12.0. The maximum Gasteiger partial charge on any atom is 0.0916 e. The molecule has 0 fully saturated rings. The molecule has 0 spiro atoms. The average molecular weight is 388 g/mol. The van der Waals surface area contributed by atoms with Crippen molar-refractivity contribution in [3.05, 3.63) is 48.5 Å². The first-order valence-electron chi connectivity index (χ1n) is 4.28. The van der Waals surface area contributed by atoms with Gasteiger partial charge in [-0.25, -0.2) is 12.1 Å². The Labute approximate surface area is 133 Å². The molecule has 0 amide bonds. The fourth-order valence-electron chi connectivity index (χ4n) is 1.01. The van der Waals surface area contributed by atoms with Crippen LogP contribution in [0.25, 0.3) is 0 Å². The third-order valence-electron chi connectivity index (χ3n) is 1.69. The Morgan fingerprint density at radius 1 is 0.941 bits per heavy atom. The van der Waals surface area contributed by atoms with Crippen molar-refractivity contribution in [1.29, 1.82) is 0 Å². The fourth-order valence-corrected chi connectivity index (χ4v) is 4.98. The molecule has 2 aromatic carbocycles. The molecule has 17 heavy (non-hydrogen) atoms. The van der Waals surface area contributed by atoms with Crippen molar-refractivity contribution < 1.29 is 17.1 Å². The van der Waals surface area contributed by atoms with E-state index in [4.69, 9.17) is 45.0 Å². The second-order valence-electron chi connectivity index (χ2n) is 2.72. The molecule has 0 unspecified atom stereocenters. The molecule has 0 saturated heterocycles. The zero-order valence-corrected chi connectivity index (χ0v) is 14.3. The summed E-state index contributed by atoms with van der Waals surface area (Å²) < 4.78 is 0. The van der Waals surface area contributed by atoms with Crippen LogP contribution in [0.5, 0.6) is 0 Å². The SMILES string of the molecule is ClP(Cl)c1ccc[c-]1P(Cl)Cl.[Fe].[cH-]1[cH-][cH-][cH-][cH-]1. The Morgan fingerprint density at radius 2 is 1.41 bits per heavy atom. The van der Waals surface area contributed by atoms with Crippen molar-refractivity contribution >= 4 is 68.8 Å². The van der Waals surface area contributed by atoms with Gasteiger partial charge in [-0.15, -0.1) is 5.30 Å². The van der Waals surface area contributed by atoms with Gasteiger partial charge in [0.1, 0.15) is 0 Å². The van der Waals surface area contributed by atoms with Gasteiger partial charge < -0.3 is 30.3 Å². The second-order valence-corrected chi connectivity index (χ2v) is 9.71. The van der Waals surface area contributed by atoms with Crippen LogP contribution in [-0.4, -0.2) is 0 Å². The molecule has 2 rings (SSSR count). The molecule has 0 aliphatic heterocycles. The Morgan fingerprint density at radius 3 is 1.71 bits per heavy atom. The minimum Gasteiger partial charge on any atom is -0.748 e. The predicted octanol–water partition coefficient (Wildman–Crippen LogP) is 5.64. The van der Waals surface area contributed by atoms with Gasteiger partial charge in [-0.1, -0.05) is 50.3 Å². The molecule has 0 radical (unpaired) electrons. The summed E-state index contributed by atoms with van der Waals surface area (Å²) in [6.45, 7) is -2.24. The van der Waals surface area contributed by atoms with E-state index >= 15 is 0 Å². The van der Waals surface area contributed by atoms with E-state index in [0.29, 0.717) is 0 Å². The van der Waals surface area contributed by atoms with Crippen LogP contribution in [0.2, 0.25) is 0 Å². The van der Waals surface area contributed by atoms with E-state index in [1.54, 1.807) is 0 Å². The summed E-state index contributed by atoms with van der Waals surface area (Å²) in [7, 11) is 0. The number of rotatable bonds is 2. The molecule has 0 N–H and O–H groups in total. The normalized spacial score (nSPS) is 9.76. The van der Waals surface area contributed by atoms with Gasteiger partial charge in [0.25, 0.3) is 0 Å². The molecule has 7 heteroatoms. The van der Waals surface area contributed by atoms with Crippen molar-refractivity contribution in [2.45, 2.75) is 0 Å². The van der Waals surface area contributed by atoms with Gasteiger partial charge in [0.05, 0.1) is 13.3 Å². The molecule has 0 heterocycles. The average Bonchev–Trinajstić information content (AvgIpc) is 2.92. The van der Waals surface area contributed by atoms with Gasteiger partial charge >= 0.3 is 0 Å². The third kappa shape index (κ3) is 6.81. The smallest absolute Gasteiger partial charge is 0.0916 e. The minimum atomic E-state index is -1.12. The minimum absolute atomic E-state index is 0. The van der Waals surface area contributed by atoms with Crippen LogP contribution in [0.3, 0.4) is 0 Å². The summed E-state index contributed by atoms with van der Waals surface area (Å²) in [5.74, 6) is 0. The van der Waals surface area contributed by atoms with Crippen molar-refractivity contribution in [3.63, 3.8) is 0 Å². The molecule has 0 aliphatic carbocycles. The molecular weight excluding hydrogens is 380 g/mol. The van der Waals surface area contributed by atoms with Crippen LogP contribution >= 0.6 is 58.2 Å². The molecule has 0 atom stereocenters. The molecule has 0 saturated carbocycles. The summed E-state index contributed by atoms with van der Waals surface area (Å²) in [6, 6.07) is 15.5. The summed E-state index contributed by atoms with van der Waals surface area (Å²) in [5.41, 5.74) is 0. The van der Waals surface area contributed by atoms with Crippen LogP contribution in [-0.2, 0) is 17.1 Å². The number of hydrogen-bond donors (Lipinski definition) is 0. The molecule has 0 aliphatic rings. The van der Waals surface area contributed by atoms with E-state index < -0.39 is 13.3 Å². The topological polar surface area (TPSA) is 0 Å². The second kappa shape index (κ2) is 10.1. The summed E-state index contributed by atoms with van der Waals surface area (Å²) >= 11 is 22.9. The molecule has 0 aromatic heterocycles. The Bertz CT molecular complexity index is 347. The van der Waals surface area contributed by atoms with E-state index in [1.807, 2.05) is 48.5 Å². The number of halogens is 4. The van der Waals surface area contributed by atoms with Gasteiger partial charge in [-0.3, -0.25) is 0 Å². The van der Waals surface area contributed by atoms with E-state index in [0.717, 1.165) is 10.6 Å². The van der Waals surface area contributed by atoms with E-state index in [1.165, 1.54) is 0 Å². The first-order chi connectivity index (χ1) is 7.63. The predicted molar refractivity (Wildman–Crippen MR) is 80.6 cm³/mol. The van der Waals surface area contributed by atoms with Crippen molar-refractivity contribution in [1.82, 2.24) is 0 Å². The van der Waals surface area contributed by atoms with Gasteiger partial charge in [0.2, 0.25) is 0 Å². The van der Waals surface area contributed by atoms with Gasteiger partial charge in [-0.2, -0.15) is 6.07 Å². The van der Waals surface area contributed by atoms with Gasteiger partial charge in [0, 0.05) is 17.1 Å². The largest absolute Gasteiger partial charge is 0.748 e. The first-order valence-corrected chi connectivity index (χ1v) is 10.6. The molecule has 2 aromatic rings. The molecule has 100 valence electrons. The van der Waals surface area contributed by atoms with E-state index in [-0.39, 0.29) is 17.1 Å². The Kier molecular flexibility index (Phi) is 10.8. The quantitative estimate of drug-likeness (QED) is 0.355. The maximum absolute atomic E-state index is 5.72. The molecule has 0 nitrogen and oxygen atoms in total. The van der Waals surface area contributed by atoms with Crippen LogP contribution in [0, 0.1) is 0 Å². The van der Waals surface area contributed by atoms with Crippen molar-refractivity contribution in [3.8, 4) is 0 Å². The van der Waals surface area contributed by atoms with E-state index in [2.05, 4.69) is 0 Å². The first kappa shape index (κ1) is 18.2. The Balaban J connectivity index is 0.000000360. The van der Waals surface area contributed by atoms with E-state index in [9.17, 15) is 0 Å². The summed E-state index contributed by atoms with van der Waals surface area (Å²) in [4.78, 5) is 0. The molecular formula is C10H8Cl4FeP2-6. The fraction of sp³-hybridized carbons (Fsp3) is 0. The summed E-state index contributed by atoms with van der Waals surface area (Å²) in [5, 5.41) is 1.75. The third-order valence-corrected chi connectivity index (χ3v) is 5.56. The zero-order valence-electron chi connectivity index (χ0n) is 8.38. The van der Waals surface area contributed by atoms with Crippen LogP contribution in [0.4, 0.5) is 0 Å². The van der Waals surface area contributed by atoms with Crippen molar-refractivity contribution in [2.24, 2.45) is 0 Å². The van der Waals surface area contributed by atoms with Gasteiger partial charge in [0.15, 0.2) is 0 Å². The standard InChI is InChI=1S/C5H3Cl4P2.C5H5.Fe/c6-10(7)4-2-1-3-5(4)11(8)9;1-2-4-5-3-1;/h1-3H;1-5H;/q-1;-5;.